The molecule has 30 heavy (non-hydrogen) atoms. The molecule has 0 aliphatic heterocycles. The van der Waals surface area contributed by atoms with Gasteiger partial charge in [0.25, 0.3) is 5.91 Å². The Balaban J connectivity index is 1.69. The van der Waals surface area contributed by atoms with E-state index in [2.05, 4.69) is 39.1 Å². The molecule has 4 aromatic rings. The lowest BCUT2D eigenvalue weighted by Gasteiger charge is -2.08. The molecule has 152 valence electrons. The number of aliphatic hydroxyl groups excluding tert-OH is 1. The number of anilines is 1. The highest BCUT2D eigenvalue weighted by Crippen LogP contribution is 2.32. The molecule has 0 saturated carbocycles. The van der Waals surface area contributed by atoms with E-state index in [1.165, 1.54) is 6.20 Å². The van der Waals surface area contributed by atoms with Gasteiger partial charge in [-0.15, -0.1) is 0 Å². The van der Waals surface area contributed by atoms with Gasteiger partial charge in [0.05, 0.1) is 11.9 Å². The third kappa shape index (κ3) is 2.82. The smallest absolute Gasteiger partial charge is 0.260 e. The number of hydrogen-bond acceptors (Lipinski definition) is 6. The van der Waals surface area contributed by atoms with E-state index in [-0.39, 0.29) is 11.9 Å². The van der Waals surface area contributed by atoms with Crippen molar-refractivity contribution in [3.63, 3.8) is 0 Å². The molecule has 1 atom stereocenters. The summed E-state index contributed by atoms with van der Waals surface area (Å²) in [4.78, 5) is 22.0. The van der Waals surface area contributed by atoms with E-state index >= 15 is 0 Å². The van der Waals surface area contributed by atoms with Gasteiger partial charge in [-0.3, -0.25) is 4.79 Å². The number of pyridine rings is 1. The lowest BCUT2D eigenvalue weighted by Crippen LogP contribution is -2.21. The maximum atomic E-state index is 12.7. The van der Waals surface area contributed by atoms with E-state index in [0.717, 1.165) is 16.6 Å². The van der Waals surface area contributed by atoms with E-state index < -0.39 is 6.10 Å². The summed E-state index contributed by atoms with van der Waals surface area (Å²) in [5.74, 6) is 0.347. The summed E-state index contributed by atoms with van der Waals surface area (Å²) in [7, 11) is 1.80. The van der Waals surface area contributed by atoms with Gasteiger partial charge >= 0.3 is 0 Å². The van der Waals surface area contributed by atoms with Crippen LogP contribution >= 0.6 is 0 Å². The third-order valence-electron chi connectivity index (χ3n) is 5.20. The second kappa shape index (κ2) is 6.67. The van der Waals surface area contributed by atoms with Crippen LogP contribution in [0.25, 0.3) is 27.9 Å². The topological polar surface area (TPSA) is 109 Å². The molecule has 0 spiro atoms. The number of amides is 1. The summed E-state index contributed by atoms with van der Waals surface area (Å²) in [6.45, 7) is 4.21. The zero-order valence-electron chi connectivity index (χ0n) is 16.8. The SMILES string of the molecule is CNc1cc(-c2cn(C(C)C)c3ncccc23)nc2c(C(=O)NC3=C[C@H]3O)cnn12. The van der Waals surface area contributed by atoms with Crippen molar-refractivity contribution in [2.45, 2.75) is 26.0 Å². The molecule has 0 fully saturated rings. The van der Waals surface area contributed by atoms with Crippen molar-refractivity contribution >= 4 is 28.4 Å². The van der Waals surface area contributed by atoms with Gasteiger partial charge in [0.1, 0.15) is 23.1 Å². The minimum Gasteiger partial charge on any atom is -0.383 e. The highest BCUT2D eigenvalue weighted by atomic mass is 16.3. The molecule has 0 saturated heterocycles. The quantitative estimate of drug-likeness (QED) is 0.472. The lowest BCUT2D eigenvalue weighted by molar-refractivity contribution is 0.0963. The average molecular weight is 403 g/mol. The van der Waals surface area contributed by atoms with E-state index in [1.807, 2.05) is 24.4 Å². The van der Waals surface area contributed by atoms with Crippen LogP contribution in [0.3, 0.4) is 0 Å². The molecule has 9 heteroatoms. The van der Waals surface area contributed by atoms with Crippen molar-refractivity contribution in [3.8, 4) is 11.3 Å². The summed E-state index contributed by atoms with van der Waals surface area (Å²) in [5.41, 5.74) is 3.79. The van der Waals surface area contributed by atoms with Crippen LogP contribution in [-0.4, -0.2) is 48.3 Å². The standard InChI is InChI=1S/C21H21N7O2/c1-11(2)27-10-14(12-5-4-6-23-19(12)27)15-8-18(22-3)28-20(25-15)13(9-24-28)21(30)26-16-7-17(16)29/h4-11,17,22,29H,1-3H3,(H,26,30)/t17-/m1/s1. The number of rotatable bonds is 5. The highest BCUT2D eigenvalue weighted by molar-refractivity contribution is 6.02. The van der Waals surface area contributed by atoms with Crippen LogP contribution < -0.4 is 10.6 Å². The van der Waals surface area contributed by atoms with Gasteiger partial charge in [0, 0.05) is 48.2 Å². The number of aromatic nitrogens is 5. The number of carbonyl (C=O) groups is 1. The summed E-state index contributed by atoms with van der Waals surface area (Å²) in [6.07, 6.45) is 6.19. The molecule has 1 aliphatic carbocycles. The molecule has 1 amide bonds. The first-order valence-electron chi connectivity index (χ1n) is 9.71. The largest absolute Gasteiger partial charge is 0.383 e. The van der Waals surface area contributed by atoms with Crippen LogP contribution in [0.5, 0.6) is 0 Å². The lowest BCUT2D eigenvalue weighted by atomic mass is 10.1. The van der Waals surface area contributed by atoms with Crippen LogP contribution in [0, 0.1) is 0 Å². The summed E-state index contributed by atoms with van der Waals surface area (Å²) >= 11 is 0. The molecule has 0 bridgehead atoms. The second-order valence-electron chi connectivity index (χ2n) is 7.51. The molecule has 0 aromatic carbocycles. The van der Waals surface area contributed by atoms with Crippen molar-refractivity contribution in [1.29, 1.82) is 0 Å². The first-order valence-corrected chi connectivity index (χ1v) is 9.71. The van der Waals surface area contributed by atoms with Crippen LogP contribution in [0.1, 0.15) is 30.2 Å². The maximum absolute atomic E-state index is 12.7. The number of carbonyl (C=O) groups excluding carboxylic acids is 1. The molecular weight excluding hydrogens is 382 g/mol. The van der Waals surface area contributed by atoms with Gasteiger partial charge in [-0.2, -0.15) is 9.61 Å². The van der Waals surface area contributed by atoms with Gasteiger partial charge in [-0.1, -0.05) is 0 Å². The zero-order chi connectivity index (χ0) is 21.0. The van der Waals surface area contributed by atoms with Crippen LogP contribution in [0.15, 0.2) is 48.6 Å². The van der Waals surface area contributed by atoms with Crippen LogP contribution in [0.4, 0.5) is 5.82 Å². The van der Waals surface area contributed by atoms with Crippen molar-refractivity contribution < 1.29 is 9.90 Å². The van der Waals surface area contributed by atoms with Crippen molar-refractivity contribution in [2.75, 3.05) is 12.4 Å². The van der Waals surface area contributed by atoms with Crippen molar-refractivity contribution in [1.82, 2.24) is 29.5 Å². The molecule has 9 nitrogen and oxygen atoms in total. The van der Waals surface area contributed by atoms with Gasteiger partial charge in [-0.05, 0) is 32.1 Å². The van der Waals surface area contributed by atoms with E-state index in [9.17, 15) is 9.90 Å². The fourth-order valence-corrected chi connectivity index (χ4v) is 3.56. The molecule has 0 unspecified atom stereocenters. The predicted molar refractivity (Wildman–Crippen MR) is 113 cm³/mol. The third-order valence-corrected chi connectivity index (χ3v) is 5.20. The minimum atomic E-state index is -0.679. The summed E-state index contributed by atoms with van der Waals surface area (Å²) in [6, 6.07) is 6.06. The number of nitrogens with zero attached hydrogens (tertiary/aromatic N) is 5. The maximum Gasteiger partial charge on any atom is 0.260 e. The fraction of sp³-hybridized carbons (Fsp3) is 0.238. The monoisotopic (exact) mass is 403 g/mol. The summed E-state index contributed by atoms with van der Waals surface area (Å²) in [5, 5.41) is 20.6. The molecule has 3 N–H and O–H groups in total. The van der Waals surface area contributed by atoms with Crippen molar-refractivity contribution in [3.05, 3.63) is 54.1 Å². The summed E-state index contributed by atoms with van der Waals surface area (Å²) < 4.78 is 3.70. The second-order valence-corrected chi connectivity index (χ2v) is 7.51. The highest BCUT2D eigenvalue weighted by Gasteiger charge is 2.26. The Morgan fingerprint density at radius 3 is 2.80 bits per heavy atom. The Kier molecular flexibility index (Phi) is 4.07. The number of fused-ring (bicyclic) bond motifs is 2. The first kappa shape index (κ1) is 18.3. The average Bonchev–Trinajstić information content (AvgIpc) is 3.14. The molecule has 1 aliphatic rings. The molecular formula is C21H21N7O2. The number of nitrogens with one attached hydrogen (secondary N) is 2. The molecule has 4 heterocycles. The fourth-order valence-electron chi connectivity index (χ4n) is 3.56. The Morgan fingerprint density at radius 1 is 1.30 bits per heavy atom. The number of aliphatic hydroxyl groups is 1. The van der Waals surface area contributed by atoms with Crippen LogP contribution in [-0.2, 0) is 0 Å². The van der Waals surface area contributed by atoms with E-state index in [4.69, 9.17) is 4.98 Å². The van der Waals surface area contributed by atoms with Gasteiger partial charge in [-0.25, -0.2) is 9.97 Å². The normalized spacial score (nSPS) is 15.6. The Morgan fingerprint density at radius 2 is 2.10 bits per heavy atom. The van der Waals surface area contributed by atoms with Gasteiger partial charge in [0.2, 0.25) is 0 Å². The van der Waals surface area contributed by atoms with Gasteiger partial charge < -0.3 is 20.3 Å². The van der Waals surface area contributed by atoms with Crippen molar-refractivity contribution in [2.24, 2.45) is 0 Å². The molecule has 5 rings (SSSR count). The predicted octanol–water partition coefficient (Wildman–Crippen LogP) is 2.36. The minimum absolute atomic E-state index is 0.234. The van der Waals surface area contributed by atoms with E-state index in [0.29, 0.717) is 28.4 Å². The molecule has 0 radical (unpaired) electrons. The molecule has 4 aromatic heterocycles. The Bertz CT molecular complexity index is 1330. The first-order chi connectivity index (χ1) is 14.5. The van der Waals surface area contributed by atoms with Gasteiger partial charge in [0.15, 0.2) is 5.65 Å². The Hall–Kier alpha value is -3.72. The van der Waals surface area contributed by atoms with Crippen LogP contribution in [0.2, 0.25) is 0 Å². The number of hydrogen-bond donors (Lipinski definition) is 3. The zero-order valence-corrected chi connectivity index (χ0v) is 16.8. The Labute approximate surface area is 172 Å². The van der Waals surface area contributed by atoms with E-state index in [1.54, 1.807) is 23.8 Å².